The number of hydrogen-bond acceptors (Lipinski definition) is 13. The number of amides is 1. The van der Waals surface area contributed by atoms with Crippen molar-refractivity contribution in [3.63, 3.8) is 0 Å². The minimum atomic E-state index is -5.19. The number of carboxylic acids is 1. The van der Waals surface area contributed by atoms with E-state index in [0.717, 1.165) is 6.92 Å². The molecule has 8 N–H and O–H groups in total. The molecule has 16 nitrogen and oxygen atoms in total. The average molecular weight is 463 g/mol. The largest absolute Gasteiger partial charge is 0.479 e. The summed E-state index contributed by atoms with van der Waals surface area (Å²) in [6.45, 7) is 1.00. The van der Waals surface area contributed by atoms with E-state index in [1.807, 2.05) is 0 Å². The Morgan fingerprint density at radius 3 is 2.03 bits per heavy atom. The zero-order chi connectivity index (χ0) is 23.0. The summed E-state index contributed by atoms with van der Waals surface area (Å²) in [4.78, 5) is 22.6. The van der Waals surface area contributed by atoms with Crippen molar-refractivity contribution >= 4 is 22.3 Å². The highest BCUT2D eigenvalue weighted by Gasteiger charge is 2.53. The minimum Gasteiger partial charge on any atom is -0.479 e. The SMILES string of the molecule is CC(=O)NC1[C@H](O)O[C@H](OS(=O)(=O)O)[C@H](O)[C@@H]1O[C@@H]1O[C@H](C(=O)O)[C@@H](O)[C@H](O)[C@H]1O. The van der Waals surface area contributed by atoms with Crippen LogP contribution in [0.1, 0.15) is 6.92 Å². The molecule has 0 aromatic rings. The van der Waals surface area contributed by atoms with Crippen LogP contribution in [0.5, 0.6) is 0 Å². The molecule has 1 amide bonds. The van der Waals surface area contributed by atoms with Gasteiger partial charge in [-0.3, -0.25) is 9.35 Å². The van der Waals surface area contributed by atoms with Crippen LogP contribution < -0.4 is 5.32 Å². The third-order valence-electron chi connectivity index (χ3n) is 4.24. The Balaban J connectivity index is 2.31. The predicted octanol–water partition coefficient (Wildman–Crippen LogP) is -5.38. The fourth-order valence-electron chi connectivity index (χ4n) is 2.90. The molecule has 0 bridgehead atoms. The maximum atomic E-state index is 11.4. The Hall–Kier alpha value is -1.51. The van der Waals surface area contributed by atoms with E-state index in [0.29, 0.717) is 0 Å². The van der Waals surface area contributed by atoms with Gasteiger partial charge in [0.15, 0.2) is 18.7 Å². The van der Waals surface area contributed by atoms with Crippen LogP contribution in [-0.4, -0.2) is 117 Å². The lowest BCUT2D eigenvalue weighted by Gasteiger charge is -2.45. The molecule has 10 atom stereocenters. The van der Waals surface area contributed by atoms with Crippen LogP contribution in [0.4, 0.5) is 0 Å². The Kier molecular flexibility index (Phi) is 7.69. The Morgan fingerprint density at radius 2 is 1.53 bits per heavy atom. The van der Waals surface area contributed by atoms with Crippen LogP contribution >= 0.6 is 0 Å². The number of carbonyl (C=O) groups is 2. The lowest BCUT2D eigenvalue weighted by molar-refractivity contribution is -0.350. The van der Waals surface area contributed by atoms with Gasteiger partial charge in [-0.1, -0.05) is 0 Å². The van der Waals surface area contributed by atoms with Crippen LogP contribution in [0, 0.1) is 0 Å². The lowest BCUT2D eigenvalue weighted by atomic mass is 9.97. The highest BCUT2D eigenvalue weighted by atomic mass is 32.3. The zero-order valence-electron chi connectivity index (χ0n) is 15.1. The molecule has 0 aliphatic carbocycles. The van der Waals surface area contributed by atoms with Crippen molar-refractivity contribution in [2.24, 2.45) is 0 Å². The van der Waals surface area contributed by atoms with Gasteiger partial charge in [-0.05, 0) is 0 Å². The van der Waals surface area contributed by atoms with Gasteiger partial charge < -0.3 is 50.2 Å². The molecule has 0 aromatic heterocycles. The summed E-state index contributed by atoms with van der Waals surface area (Å²) in [5.41, 5.74) is 0. The molecule has 2 saturated heterocycles. The Bertz CT molecular complexity index is 745. The van der Waals surface area contributed by atoms with Crippen molar-refractivity contribution in [1.82, 2.24) is 5.32 Å². The first kappa shape index (κ1) is 24.8. The number of aliphatic carboxylic acids is 1. The van der Waals surface area contributed by atoms with E-state index in [1.54, 1.807) is 0 Å². The monoisotopic (exact) mass is 463 g/mol. The summed E-state index contributed by atoms with van der Waals surface area (Å²) in [6.07, 6.45) is -18.7. The quantitative estimate of drug-likeness (QED) is 0.171. The van der Waals surface area contributed by atoms with Crippen molar-refractivity contribution in [2.45, 2.75) is 68.5 Å². The molecule has 174 valence electrons. The first-order valence-electron chi connectivity index (χ1n) is 8.25. The van der Waals surface area contributed by atoms with Crippen LogP contribution in [0.3, 0.4) is 0 Å². The van der Waals surface area contributed by atoms with Gasteiger partial charge in [-0.2, -0.15) is 8.42 Å². The molecular formula is C13H21NO15S. The molecule has 2 heterocycles. The number of aliphatic hydroxyl groups is 5. The average Bonchev–Trinajstić information content (AvgIpc) is 2.60. The second-order valence-corrected chi connectivity index (χ2v) is 7.52. The smallest absolute Gasteiger partial charge is 0.399 e. The minimum absolute atomic E-state index is 0.776. The Morgan fingerprint density at radius 1 is 0.933 bits per heavy atom. The van der Waals surface area contributed by atoms with Gasteiger partial charge in [0.25, 0.3) is 0 Å². The number of hydrogen-bond donors (Lipinski definition) is 8. The standard InChI is InChI=1S/C13H21NO15S/c1-2(15)14-3-8(7(19)13(28-11(3)22)29-30(23,24)25)26-12-6(18)4(16)5(17)9(27-12)10(20)21/h3-9,11-13,16-19,22H,1H3,(H,14,15)(H,20,21)(H,23,24,25)/t3?,4-,5-,6+,7+,8+,9-,11+,12+,13+/m0/s1. The number of ether oxygens (including phenoxy) is 3. The van der Waals surface area contributed by atoms with E-state index < -0.39 is 83.8 Å². The molecule has 17 heteroatoms. The van der Waals surface area contributed by atoms with Crippen molar-refractivity contribution in [1.29, 1.82) is 0 Å². The molecular weight excluding hydrogens is 442 g/mol. The van der Waals surface area contributed by atoms with Crippen LogP contribution in [-0.2, 0) is 38.4 Å². The van der Waals surface area contributed by atoms with Gasteiger partial charge in [-0.15, -0.1) is 0 Å². The number of nitrogens with one attached hydrogen (secondary N) is 1. The molecule has 30 heavy (non-hydrogen) atoms. The van der Waals surface area contributed by atoms with Gasteiger partial charge in [0.2, 0.25) is 12.2 Å². The number of aliphatic hydroxyl groups excluding tert-OH is 5. The maximum Gasteiger partial charge on any atom is 0.399 e. The lowest BCUT2D eigenvalue weighted by Crippen LogP contribution is -2.67. The van der Waals surface area contributed by atoms with E-state index in [1.165, 1.54) is 0 Å². The van der Waals surface area contributed by atoms with Crippen molar-refractivity contribution < 1.29 is 71.6 Å². The van der Waals surface area contributed by atoms with Crippen LogP contribution in [0.2, 0.25) is 0 Å². The van der Waals surface area contributed by atoms with Crippen molar-refractivity contribution in [2.75, 3.05) is 0 Å². The topological polar surface area (TPSA) is 259 Å². The van der Waals surface area contributed by atoms with E-state index in [2.05, 4.69) is 9.50 Å². The predicted molar refractivity (Wildman–Crippen MR) is 86.3 cm³/mol. The molecule has 2 aliphatic rings. The summed E-state index contributed by atoms with van der Waals surface area (Å²) in [7, 11) is -5.19. The summed E-state index contributed by atoms with van der Waals surface area (Å²) in [6, 6.07) is -1.64. The first-order valence-corrected chi connectivity index (χ1v) is 9.61. The Labute approximate surface area is 168 Å². The zero-order valence-corrected chi connectivity index (χ0v) is 15.9. The summed E-state index contributed by atoms with van der Waals surface area (Å²) in [5, 5.41) is 61.1. The van der Waals surface area contributed by atoms with Gasteiger partial charge in [0, 0.05) is 6.92 Å². The molecule has 2 aliphatic heterocycles. The van der Waals surface area contributed by atoms with E-state index >= 15 is 0 Å². The maximum absolute atomic E-state index is 11.4. The fraction of sp³-hybridized carbons (Fsp3) is 0.846. The molecule has 0 saturated carbocycles. The summed E-state index contributed by atoms with van der Waals surface area (Å²) < 4.78 is 49.5. The second-order valence-electron chi connectivity index (χ2n) is 6.47. The van der Waals surface area contributed by atoms with Gasteiger partial charge in [0.1, 0.15) is 36.6 Å². The molecule has 2 rings (SSSR count). The van der Waals surface area contributed by atoms with Crippen molar-refractivity contribution in [3.05, 3.63) is 0 Å². The molecule has 0 spiro atoms. The highest BCUT2D eigenvalue weighted by Crippen LogP contribution is 2.29. The molecule has 0 aromatic carbocycles. The van der Waals surface area contributed by atoms with E-state index in [9.17, 15) is 43.5 Å². The van der Waals surface area contributed by atoms with Crippen molar-refractivity contribution in [3.8, 4) is 0 Å². The van der Waals surface area contributed by atoms with Gasteiger partial charge >= 0.3 is 16.4 Å². The highest BCUT2D eigenvalue weighted by molar-refractivity contribution is 7.80. The number of carboxylic acid groups (broad SMARTS) is 1. The molecule has 1 unspecified atom stereocenters. The summed E-state index contributed by atoms with van der Waals surface area (Å²) in [5.74, 6) is -2.51. The number of rotatable bonds is 6. The number of carbonyl (C=O) groups excluding carboxylic acids is 1. The third kappa shape index (κ3) is 5.59. The summed E-state index contributed by atoms with van der Waals surface area (Å²) >= 11 is 0. The van der Waals surface area contributed by atoms with Gasteiger partial charge in [0.05, 0.1) is 0 Å². The van der Waals surface area contributed by atoms with E-state index in [4.69, 9.17) is 23.9 Å². The van der Waals surface area contributed by atoms with Gasteiger partial charge in [-0.25, -0.2) is 8.98 Å². The first-order chi connectivity index (χ1) is 13.7. The second kappa shape index (κ2) is 9.32. The van der Waals surface area contributed by atoms with Crippen LogP contribution in [0.25, 0.3) is 0 Å². The molecule has 2 fully saturated rings. The molecule has 0 radical (unpaired) electrons. The third-order valence-corrected chi connectivity index (χ3v) is 4.67. The normalized spacial score (nSPS) is 42.5. The fourth-order valence-corrected chi connectivity index (χ4v) is 3.30. The van der Waals surface area contributed by atoms with Crippen LogP contribution in [0.15, 0.2) is 0 Å². The van der Waals surface area contributed by atoms with E-state index in [-0.39, 0.29) is 0 Å².